The quantitative estimate of drug-likeness (QED) is 0.842. The normalized spacial score (nSPS) is 18.5. The maximum atomic E-state index is 12.1. The van der Waals surface area contributed by atoms with Crippen molar-refractivity contribution in [2.24, 2.45) is 4.40 Å². The lowest BCUT2D eigenvalue weighted by Gasteiger charge is -2.28. The SMILES string of the molecule is C/C(=N\[S@@](=O)C(C)(C)C)c1cc2c(cc1O)OC(C)(C)C=C2. The zero-order valence-electron chi connectivity index (χ0n) is 13.9. The minimum Gasteiger partial charge on any atom is -0.507 e. The summed E-state index contributed by atoms with van der Waals surface area (Å²) in [5, 5.41) is 10.2. The molecule has 1 aliphatic rings. The second-order valence-electron chi connectivity index (χ2n) is 6.98. The molecule has 0 unspecified atom stereocenters. The topological polar surface area (TPSA) is 58.9 Å². The van der Waals surface area contributed by atoms with Crippen molar-refractivity contribution in [1.82, 2.24) is 0 Å². The molecule has 1 aromatic carbocycles. The van der Waals surface area contributed by atoms with Gasteiger partial charge in [0.15, 0.2) is 0 Å². The molecule has 120 valence electrons. The Labute approximate surface area is 134 Å². The van der Waals surface area contributed by atoms with E-state index >= 15 is 0 Å². The summed E-state index contributed by atoms with van der Waals surface area (Å²) >= 11 is 0. The van der Waals surface area contributed by atoms with Gasteiger partial charge in [0, 0.05) is 17.2 Å². The summed E-state index contributed by atoms with van der Waals surface area (Å²) in [6.45, 7) is 11.3. The number of phenolic OH excluding ortho intramolecular Hbond substituents is 1. The zero-order valence-corrected chi connectivity index (χ0v) is 14.7. The molecule has 0 spiro atoms. The third kappa shape index (κ3) is 3.58. The third-order valence-corrected chi connectivity index (χ3v) is 4.79. The first-order chi connectivity index (χ1) is 9.99. The van der Waals surface area contributed by atoms with E-state index in [9.17, 15) is 9.32 Å². The van der Waals surface area contributed by atoms with Gasteiger partial charge in [-0.15, -0.1) is 0 Å². The number of aromatic hydroxyl groups is 1. The number of hydrogen-bond acceptors (Lipinski definition) is 3. The molecule has 2 rings (SSSR count). The van der Waals surface area contributed by atoms with Crippen LogP contribution in [0, 0.1) is 0 Å². The molecular weight excluding hydrogens is 298 g/mol. The fraction of sp³-hybridized carbons (Fsp3) is 0.471. The van der Waals surface area contributed by atoms with Crippen molar-refractivity contribution in [3.63, 3.8) is 0 Å². The molecule has 22 heavy (non-hydrogen) atoms. The van der Waals surface area contributed by atoms with Crippen molar-refractivity contribution in [3.05, 3.63) is 29.3 Å². The summed E-state index contributed by atoms with van der Waals surface area (Å²) in [6, 6.07) is 3.41. The maximum Gasteiger partial charge on any atom is 0.145 e. The van der Waals surface area contributed by atoms with Crippen LogP contribution in [-0.4, -0.2) is 25.4 Å². The van der Waals surface area contributed by atoms with E-state index in [1.54, 1.807) is 13.0 Å². The van der Waals surface area contributed by atoms with Gasteiger partial charge in [-0.25, -0.2) is 4.21 Å². The average Bonchev–Trinajstić information content (AvgIpc) is 2.35. The van der Waals surface area contributed by atoms with Crippen molar-refractivity contribution >= 4 is 22.8 Å². The van der Waals surface area contributed by atoms with E-state index in [1.807, 2.05) is 52.8 Å². The predicted octanol–water partition coefficient (Wildman–Crippen LogP) is 3.85. The van der Waals surface area contributed by atoms with Crippen molar-refractivity contribution in [1.29, 1.82) is 0 Å². The Balaban J connectivity index is 2.42. The summed E-state index contributed by atoms with van der Waals surface area (Å²) in [7, 11) is -1.36. The van der Waals surface area contributed by atoms with E-state index in [4.69, 9.17) is 4.74 Å². The summed E-state index contributed by atoms with van der Waals surface area (Å²) < 4.78 is 21.7. The molecule has 4 nitrogen and oxygen atoms in total. The Hall–Kier alpha value is -1.62. The summed E-state index contributed by atoms with van der Waals surface area (Å²) in [5.41, 5.74) is 1.61. The van der Waals surface area contributed by atoms with Crippen LogP contribution in [0.15, 0.2) is 22.6 Å². The second kappa shape index (κ2) is 5.54. The fourth-order valence-corrected chi connectivity index (χ4v) is 2.63. The molecule has 0 amide bonds. The predicted molar refractivity (Wildman–Crippen MR) is 92.0 cm³/mol. The highest BCUT2D eigenvalue weighted by Crippen LogP contribution is 2.36. The van der Waals surface area contributed by atoms with Gasteiger partial charge in [0.05, 0.1) is 10.5 Å². The lowest BCUT2D eigenvalue weighted by atomic mass is 9.99. The molecule has 0 fully saturated rings. The number of nitrogens with zero attached hydrogens (tertiary/aromatic N) is 1. The third-order valence-electron chi connectivity index (χ3n) is 3.30. The molecule has 1 heterocycles. The molecule has 1 aliphatic heterocycles. The first kappa shape index (κ1) is 16.7. The van der Waals surface area contributed by atoms with Crippen molar-refractivity contribution in [2.45, 2.75) is 51.9 Å². The Morgan fingerprint density at radius 2 is 1.95 bits per heavy atom. The van der Waals surface area contributed by atoms with Crippen LogP contribution < -0.4 is 4.74 Å². The fourth-order valence-electron chi connectivity index (χ4n) is 2.01. The van der Waals surface area contributed by atoms with Gasteiger partial charge in [0.2, 0.25) is 0 Å². The molecule has 0 saturated heterocycles. The molecule has 1 atom stereocenters. The highest BCUT2D eigenvalue weighted by molar-refractivity contribution is 7.85. The Morgan fingerprint density at radius 3 is 2.55 bits per heavy atom. The van der Waals surface area contributed by atoms with E-state index in [-0.39, 0.29) is 5.75 Å². The van der Waals surface area contributed by atoms with Gasteiger partial charge in [-0.2, -0.15) is 4.40 Å². The van der Waals surface area contributed by atoms with Crippen LogP contribution in [0.1, 0.15) is 52.7 Å². The molecule has 1 aromatic rings. The lowest BCUT2D eigenvalue weighted by Crippen LogP contribution is -2.27. The molecule has 0 saturated carbocycles. The van der Waals surface area contributed by atoms with E-state index in [1.165, 1.54) is 0 Å². The van der Waals surface area contributed by atoms with Crippen LogP contribution in [0.3, 0.4) is 0 Å². The van der Waals surface area contributed by atoms with E-state index in [2.05, 4.69) is 4.40 Å². The molecule has 0 aliphatic carbocycles. The number of rotatable bonds is 2. The zero-order chi connectivity index (χ0) is 16.7. The standard InChI is InChI=1S/C17H23NO3S/c1-11(18-22(20)16(2,3)4)13-9-12-7-8-17(5,6)21-15(12)10-14(13)19/h7-10,19H,1-6H3/b18-11+/t22-/m0/s1. The number of hydrogen-bond donors (Lipinski definition) is 1. The van der Waals surface area contributed by atoms with Gasteiger partial charge in [-0.05, 0) is 53.7 Å². The van der Waals surface area contributed by atoms with Gasteiger partial charge >= 0.3 is 0 Å². The van der Waals surface area contributed by atoms with Crippen molar-refractivity contribution in [2.75, 3.05) is 0 Å². The first-order valence-corrected chi connectivity index (χ1v) is 8.33. The van der Waals surface area contributed by atoms with Crippen molar-refractivity contribution < 1.29 is 14.1 Å². The summed E-state index contributed by atoms with van der Waals surface area (Å²) in [4.78, 5) is 0. The van der Waals surface area contributed by atoms with E-state index < -0.39 is 21.3 Å². The molecule has 5 heteroatoms. The highest BCUT2D eigenvalue weighted by atomic mass is 32.2. The molecular formula is C17H23NO3S. The van der Waals surface area contributed by atoms with Gasteiger partial charge in [0.1, 0.15) is 28.1 Å². The maximum absolute atomic E-state index is 12.1. The largest absolute Gasteiger partial charge is 0.507 e. The van der Waals surface area contributed by atoms with Crippen LogP contribution in [0.5, 0.6) is 11.5 Å². The number of benzene rings is 1. The van der Waals surface area contributed by atoms with Gasteiger partial charge < -0.3 is 9.84 Å². The van der Waals surface area contributed by atoms with Crippen LogP contribution in [-0.2, 0) is 11.0 Å². The number of ether oxygens (including phenoxy) is 1. The Bertz CT molecular complexity index is 682. The molecule has 0 aromatic heterocycles. The smallest absolute Gasteiger partial charge is 0.145 e. The van der Waals surface area contributed by atoms with Gasteiger partial charge in [0.25, 0.3) is 0 Å². The highest BCUT2D eigenvalue weighted by Gasteiger charge is 2.24. The first-order valence-electron chi connectivity index (χ1n) is 7.22. The van der Waals surface area contributed by atoms with Crippen LogP contribution in [0.2, 0.25) is 0 Å². The Morgan fingerprint density at radius 1 is 1.32 bits per heavy atom. The van der Waals surface area contributed by atoms with E-state index in [0.29, 0.717) is 17.0 Å². The van der Waals surface area contributed by atoms with Crippen LogP contribution in [0.25, 0.3) is 6.08 Å². The average molecular weight is 321 g/mol. The molecule has 0 radical (unpaired) electrons. The monoisotopic (exact) mass is 321 g/mol. The lowest BCUT2D eigenvalue weighted by molar-refractivity contribution is 0.158. The van der Waals surface area contributed by atoms with Gasteiger partial charge in [-0.1, -0.05) is 6.08 Å². The Kier molecular flexibility index (Phi) is 4.22. The molecule has 0 bridgehead atoms. The van der Waals surface area contributed by atoms with Gasteiger partial charge in [-0.3, -0.25) is 0 Å². The second-order valence-corrected chi connectivity index (χ2v) is 8.89. The molecule has 1 N–H and O–H groups in total. The number of phenols is 1. The summed E-state index contributed by atoms with van der Waals surface area (Å²) in [5.74, 6) is 0.718. The van der Waals surface area contributed by atoms with Crippen LogP contribution in [0.4, 0.5) is 0 Å². The van der Waals surface area contributed by atoms with E-state index in [0.717, 1.165) is 5.56 Å². The van der Waals surface area contributed by atoms with Crippen molar-refractivity contribution in [3.8, 4) is 11.5 Å². The minimum absolute atomic E-state index is 0.0806. The summed E-state index contributed by atoms with van der Waals surface area (Å²) in [6.07, 6.45) is 3.94. The minimum atomic E-state index is -1.36. The number of fused-ring (bicyclic) bond motifs is 1. The van der Waals surface area contributed by atoms with Crippen LogP contribution >= 0.6 is 0 Å².